The highest BCUT2D eigenvalue weighted by Crippen LogP contribution is 2.35. The van der Waals surface area contributed by atoms with Gasteiger partial charge < -0.3 is 14.6 Å². The molecule has 3 aromatic rings. The Balaban J connectivity index is 1.91. The van der Waals surface area contributed by atoms with Crippen LogP contribution in [0.25, 0.3) is 10.9 Å². The van der Waals surface area contributed by atoms with Gasteiger partial charge in [0.2, 0.25) is 0 Å². The summed E-state index contributed by atoms with van der Waals surface area (Å²) < 4.78 is 21.7. The van der Waals surface area contributed by atoms with Crippen molar-refractivity contribution in [3.05, 3.63) is 47.3 Å². The van der Waals surface area contributed by atoms with Gasteiger partial charge in [-0.25, -0.2) is 14.4 Å². The SMILES string of the molecule is COc1cc(Cl)c(F)c2c1cc(C)n2CCNc1ccncn1. The van der Waals surface area contributed by atoms with Gasteiger partial charge in [0.1, 0.15) is 17.9 Å². The average Bonchev–Trinajstić information content (AvgIpc) is 2.89. The molecule has 120 valence electrons. The van der Waals surface area contributed by atoms with E-state index in [4.69, 9.17) is 16.3 Å². The number of nitrogens with zero attached hydrogens (tertiary/aromatic N) is 3. The number of rotatable bonds is 5. The first-order chi connectivity index (χ1) is 11.1. The van der Waals surface area contributed by atoms with Crippen LogP contribution in [-0.2, 0) is 6.54 Å². The largest absolute Gasteiger partial charge is 0.496 e. The number of hydrogen-bond acceptors (Lipinski definition) is 4. The molecule has 0 radical (unpaired) electrons. The standard InChI is InChI=1S/C16H16ClFN4O/c1-10-7-11-13(23-2)8-12(17)15(18)16(11)22(10)6-5-20-14-3-4-19-9-21-14/h3-4,7-9H,5-6H2,1-2H3,(H,19,20,21). The van der Waals surface area contributed by atoms with Gasteiger partial charge >= 0.3 is 0 Å². The first-order valence-electron chi connectivity index (χ1n) is 7.13. The Kier molecular flexibility index (Phi) is 4.34. The fourth-order valence-electron chi connectivity index (χ4n) is 2.62. The molecule has 1 aromatic carbocycles. The van der Waals surface area contributed by atoms with Gasteiger partial charge in [-0.15, -0.1) is 0 Å². The maximum absolute atomic E-state index is 14.5. The minimum atomic E-state index is -0.433. The van der Waals surface area contributed by atoms with Crippen molar-refractivity contribution in [1.29, 1.82) is 0 Å². The van der Waals surface area contributed by atoms with Gasteiger partial charge in [-0.3, -0.25) is 0 Å². The zero-order chi connectivity index (χ0) is 16.4. The summed E-state index contributed by atoms with van der Waals surface area (Å²) in [5, 5.41) is 3.95. The number of aromatic nitrogens is 3. The molecule has 3 rings (SSSR count). The summed E-state index contributed by atoms with van der Waals surface area (Å²) >= 11 is 5.98. The lowest BCUT2D eigenvalue weighted by molar-refractivity contribution is 0.419. The van der Waals surface area contributed by atoms with Gasteiger partial charge in [0.15, 0.2) is 5.82 Å². The van der Waals surface area contributed by atoms with E-state index < -0.39 is 5.82 Å². The second-order valence-corrected chi connectivity index (χ2v) is 5.50. The van der Waals surface area contributed by atoms with Crippen LogP contribution in [0.3, 0.4) is 0 Å². The minimum Gasteiger partial charge on any atom is -0.496 e. The number of aryl methyl sites for hydroxylation is 1. The molecule has 0 aliphatic rings. The fraction of sp³-hybridized carbons (Fsp3) is 0.250. The maximum Gasteiger partial charge on any atom is 0.166 e. The Bertz CT molecular complexity index is 835. The van der Waals surface area contributed by atoms with E-state index in [1.165, 1.54) is 12.4 Å². The first-order valence-corrected chi connectivity index (χ1v) is 7.51. The molecule has 5 nitrogen and oxygen atoms in total. The van der Waals surface area contributed by atoms with Crippen LogP contribution in [0, 0.1) is 12.7 Å². The van der Waals surface area contributed by atoms with E-state index in [1.54, 1.807) is 19.4 Å². The van der Waals surface area contributed by atoms with E-state index in [-0.39, 0.29) is 5.02 Å². The second kappa shape index (κ2) is 6.42. The molecule has 2 aromatic heterocycles. The summed E-state index contributed by atoms with van der Waals surface area (Å²) in [7, 11) is 1.55. The molecule has 1 N–H and O–H groups in total. The van der Waals surface area contributed by atoms with Gasteiger partial charge in [-0.2, -0.15) is 0 Å². The van der Waals surface area contributed by atoms with Crippen LogP contribution in [0.1, 0.15) is 5.69 Å². The molecule has 0 atom stereocenters. The monoisotopic (exact) mass is 334 g/mol. The number of methoxy groups -OCH3 is 1. The van der Waals surface area contributed by atoms with Gasteiger partial charge in [0.25, 0.3) is 0 Å². The summed E-state index contributed by atoms with van der Waals surface area (Å²) in [6.07, 6.45) is 3.14. The van der Waals surface area contributed by atoms with Gasteiger partial charge in [-0.05, 0) is 19.1 Å². The lowest BCUT2D eigenvalue weighted by atomic mass is 10.2. The normalized spacial score (nSPS) is 11.0. The van der Waals surface area contributed by atoms with E-state index in [2.05, 4.69) is 15.3 Å². The third-order valence-corrected chi connectivity index (χ3v) is 3.96. The number of fused-ring (bicyclic) bond motifs is 1. The van der Waals surface area contributed by atoms with E-state index in [0.717, 1.165) is 11.5 Å². The Morgan fingerprint density at radius 3 is 2.91 bits per heavy atom. The number of anilines is 1. The number of ether oxygens (including phenoxy) is 1. The molecule has 0 aliphatic heterocycles. The van der Waals surface area contributed by atoms with E-state index >= 15 is 0 Å². The smallest absolute Gasteiger partial charge is 0.166 e. The first kappa shape index (κ1) is 15.6. The lowest BCUT2D eigenvalue weighted by Gasteiger charge is -2.11. The van der Waals surface area contributed by atoms with Crippen molar-refractivity contribution in [3.8, 4) is 5.75 Å². The van der Waals surface area contributed by atoms with Crippen molar-refractivity contribution in [3.63, 3.8) is 0 Å². The molecule has 0 fully saturated rings. The summed E-state index contributed by atoms with van der Waals surface area (Å²) in [5.74, 6) is 0.861. The van der Waals surface area contributed by atoms with E-state index in [0.29, 0.717) is 29.7 Å². The molecular weight excluding hydrogens is 319 g/mol. The molecule has 0 unspecified atom stereocenters. The van der Waals surface area contributed by atoms with Crippen molar-refractivity contribution in [2.45, 2.75) is 13.5 Å². The third-order valence-electron chi connectivity index (χ3n) is 3.69. The Labute approximate surface area is 138 Å². The predicted molar refractivity (Wildman–Crippen MR) is 88.7 cm³/mol. The van der Waals surface area contributed by atoms with Crippen molar-refractivity contribution in [2.24, 2.45) is 0 Å². The number of halogens is 2. The Morgan fingerprint density at radius 1 is 1.39 bits per heavy atom. The summed E-state index contributed by atoms with van der Waals surface area (Å²) in [6.45, 7) is 3.09. The second-order valence-electron chi connectivity index (χ2n) is 5.10. The van der Waals surface area contributed by atoms with Crippen molar-refractivity contribution in [1.82, 2.24) is 14.5 Å². The van der Waals surface area contributed by atoms with Crippen molar-refractivity contribution < 1.29 is 9.13 Å². The fourth-order valence-corrected chi connectivity index (χ4v) is 2.81. The molecule has 0 spiro atoms. The van der Waals surface area contributed by atoms with Gasteiger partial charge in [0, 0.05) is 36.4 Å². The number of hydrogen-bond donors (Lipinski definition) is 1. The quantitative estimate of drug-likeness (QED) is 0.773. The molecule has 0 saturated carbocycles. The zero-order valence-corrected chi connectivity index (χ0v) is 13.6. The van der Waals surface area contributed by atoms with Gasteiger partial charge in [-0.1, -0.05) is 11.6 Å². The Hall–Kier alpha value is -2.34. The minimum absolute atomic E-state index is 0.0532. The van der Waals surface area contributed by atoms with Crippen LogP contribution < -0.4 is 10.1 Å². The molecule has 0 bridgehead atoms. The predicted octanol–water partition coefficient (Wildman–Crippen LogP) is 3.65. The van der Waals surface area contributed by atoms with Crippen LogP contribution in [-0.4, -0.2) is 28.2 Å². The molecule has 2 heterocycles. The van der Waals surface area contributed by atoms with Crippen LogP contribution in [0.5, 0.6) is 5.75 Å². The highest BCUT2D eigenvalue weighted by atomic mass is 35.5. The number of nitrogens with one attached hydrogen (secondary N) is 1. The highest BCUT2D eigenvalue weighted by molar-refractivity contribution is 6.31. The number of benzene rings is 1. The summed E-state index contributed by atoms with van der Waals surface area (Å²) in [4.78, 5) is 7.96. The van der Waals surface area contributed by atoms with Gasteiger partial charge in [0.05, 0.1) is 17.6 Å². The Morgan fingerprint density at radius 2 is 2.22 bits per heavy atom. The molecule has 0 aliphatic carbocycles. The van der Waals surface area contributed by atoms with Crippen LogP contribution >= 0.6 is 11.6 Å². The summed E-state index contributed by atoms with van der Waals surface area (Å²) in [6, 6.07) is 5.18. The maximum atomic E-state index is 14.5. The average molecular weight is 335 g/mol. The van der Waals surface area contributed by atoms with E-state index in [9.17, 15) is 4.39 Å². The molecule has 23 heavy (non-hydrogen) atoms. The highest BCUT2D eigenvalue weighted by Gasteiger charge is 2.17. The van der Waals surface area contributed by atoms with Crippen LogP contribution in [0.2, 0.25) is 5.02 Å². The van der Waals surface area contributed by atoms with Crippen LogP contribution in [0.15, 0.2) is 30.7 Å². The molecule has 0 amide bonds. The van der Waals surface area contributed by atoms with Crippen LogP contribution in [0.4, 0.5) is 10.2 Å². The van der Waals surface area contributed by atoms with Crippen molar-refractivity contribution in [2.75, 3.05) is 19.0 Å². The summed E-state index contributed by atoms with van der Waals surface area (Å²) in [5.41, 5.74) is 1.39. The molecular formula is C16H16ClFN4O. The third kappa shape index (κ3) is 2.94. The topological polar surface area (TPSA) is 52.0 Å². The zero-order valence-electron chi connectivity index (χ0n) is 12.8. The molecule has 7 heteroatoms. The molecule has 0 saturated heterocycles. The van der Waals surface area contributed by atoms with E-state index in [1.807, 2.05) is 17.6 Å². The van der Waals surface area contributed by atoms with Crippen molar-refractivity contribution >= 4 is 28.3 Å². The lowest BCUT2D eigenvalue weighted by Crippen LogP contribution is -2.12.